The minimum atomic E-state index is -0.0565. The van der Waals surface area contributed by atoms with E-state index < -0.39 is 0 Å². The van der Waals surface area contributed by atoms with Gasteiger partial charge in [0.2, 0.25) is 0 Å². The predicted molar refractivity (Wildman–Crippen MR) is 86.6 cm³/mol. The molecular weight excluding hydrogens is 292 g/mol. The topological polar surface area (TPSA) is 55.6 Å². The Balaban J connectivity index is 1.80. The zero-order valence-electron chi connectivity index (χ0n) is 13.8. The van der Waals surface area contributed by atoms with E-state index in [2.05, 4.69) is 5.16 Å². The number of hydrogen-bond acceptors (Lipinski definition) is 4. The molecule has 3 rings (SSSR count). The third kappa shape index (κ3) is 3.09. The summed E-state index contributed by atoms with van der Waals surface area (Å²) in [5.74, 6) is 1.73. The number of benzene rings is 1. The number of ether oxygens (including phenoxy) is 1. The number of carbonyl (C=O) groups excluding carboxylic acids is 1. The van der Waals surface area contributed by atoms with Crippen LogP contribution in [0.15, 0.2) is 34.9 Å². The Bertz CT molecular complexity index is 676. The molecule has 23 heavy (non-hydrogen) atoms. The van der Waals surface area contributed by atoms with Crippen molar-refractivity contribution >= 4 is 5.91 Å². The van der Waals surface area contributed by atoms with Crippen molar-refractivity contribution in [3.05, 3.63) is 47.3 Å². The maximum absolute atomic E-state index is 12.8. The molecule has 0 spiro atoms. The number of likely N-dealkylation sites (tertiary alicyclic amines) is 1. The summed E-state index contributed by atoms with van der Waals surface area (Å²) >= 11 is 0. The molecule has 0 bridgehead atoms. The van der Waals surface area contributed by atoms with Gasteiger partial charge in [-0.2, -0.15) is 0 Å². The van der Waals surface area contributed by atoms with E-state index in [-0.39, 0.29) is 17.9 Å². The van der Waals surface area contributed by atoms with Crippen molar-refractivity contribution in [2.75, 3.05) is 13.7 Å². The SMILES string of the molecule is COc1ccc([C@H]2CCCN2C(=O)c2cc(C(C)C)on2)cc1. The quantitative estimate of drug-likeness (QED) is 0.861. The average Bonchev–Trinajstić information content (AvgIpc) is 3.23. The molecule has 1 aromatic heterocycles. The van der Waals surface area contributed by atoms with E-state index in [1.807, 2.05) is 43.0 Å². The van der Waals surface area contributed by atoms with Crippen LogP contribution in [-0.4, -0.2) is 29.6 Å². The van der Waals surface area contributed by atoms with Gasteiger partial charge in [-0.3, -0.25) is 4.79 Å². The van der Waals surface area contributed by atoms with Crippen molar-refractivity contribution in [3.63, 3.8) is 0 Å². The molecule has 1 amide bonds. The molecule has 0 unspecified atom stereocenters. The standard InChI is InChI=1S/C18H22N2O3/c1-12(2)17-11-15(19-23-17)18(21)20-10-4-5-16(20)13-6-8-14(22-3)9-7-13/h6-9,11-12,16H,4-5,10H2,1-3H3/t16-/m1/s1. The van der Waals surface area contributed by atoms with Gasteiger partial charge in [-0.1, -0.05) is 31.1 Å². The van der Waals surface area contributed by atoms with Crippen LogP contribution < -0.4 is 4.74 Å². The van der Waals surface area contributed by atoms with E-state index in [4.69, 9.17) is 9.26 Å². The number of carbonyl (C=O) groups is 1. The summed E-state index contributed by atoms with van der Waals surface area (Å²) in [4.78, 5) is 14.7. The minimum Gasteiger partial charge on any atom is -0.497 e. The molecule has 2 aromatic rings. The summed E-state index contributed by atoms with van der Waals surface area (Å²) in [5.41, 5.74) is 1.53. The molecule has 1 atom stereocenters. The molecule has 5 nitrogen and oxygen atoms in total. The third-order valence-corrected chi connectivity index (χ3v) is 4.33. The third-order valence-electron chi connectivity index (χ3n) is 4.33. The van der Waals surface area contributed by atoms with E-state index in [0.29, 0.717) is 5.69 Å². The summed E-state index contributed by atoms with van der Waals surface area (Å²) in [7, 11) is 1.65. The van der Waals surface area contributed by atoms with Gasteiger partial charge in [0.25, 0.3) is 5.91 Å². The molecule has 0 saturated carbocycles. The van der Waals surface area contributed by atoms with Gasteiger partial charge in [-0.15, -0.1) is 0 Å². The van der Waals surface area contributed by atoms with Crippen LogP contribution in [0.2, 0.25) is 0 Å². The molecule has 1 fully saturated rings. The zero-order valence-corrected chi connectivity index (χ0v) is 13.8. The number of amides is 1. The lowest BCUT2D eigenvalue weighted by molar-refractivity contribution is 0.0725. The summed E-state index contributed by atoms with van der Waals surface area (Å²) in [5, 5.41) is 3.95. The molecule has 5 heteroatoms. The summed E-state index contributed by atoms with van der Waals surface area (Å²) < 4.78 is 10.5. The van der Waals surface area contributed by atoms with Gasteiger partial charge in [-0.25, -0.2) is 0 Å². The Morgan fingerprint density at radius 2 is 2.09 bits per heavy atom. The fourth-order valence-corrected chi connectivity index (χ4v) is 2.99. The first-order valence-electron chi connectivity index (χ1n) is 8.01. The van der Waals surface area contributed by atoms with Gasteiger partial charge in [0.15, 0.2) is 5.69 Å². The van der Waals surface area contributed by atoms with Crippen LogP contribution in [0.5, 0.6) is 5.75 Å². The Kier molecular flexibility index (Phi) is 4.37. The molecule has 1 aliphatic rings. The lowest BCUT2D eigenvalue weighted by Gasteiger charge is -2.24. The Labute approximate surface area is 136 Å². The van der Waals surface area contributed by atoms with Crippen LogP contribution in [0.3, 0.4) is 0 Å². The van der Waals surface area contributed by atoms with Crippen molar-refractivity contribution in [2.45, 2.75) is 38.6 Å². The first-order chi connectivity index (χ1) is 11.1. The minimum absolute atomic E-state index is 0.0565. The number of hydrogen-bond donors (Lipinski definition) is 0. The second kappa shape index (κ2) is 6.44. The van der Waals surface area contributed by atoms with E-state index in [9.17, 15) is 4.79 Å². The number of aromatic nitrogens is 1. The molecule has 1 saturated heterocycles. The van der Waals surface area contributed by atoms with E-state index in [1.54, 1.807) is 13.2 Å². The average molecular weight is 314 g/mol. The van der Waals surface area contributed by atoms with E-state index >= 15 is 0 Å². The molecule has 1 aromatic carbocycles. The van der Waals surface area contributed by atoms with Crippen molar-refractivity contribution in [1.82, 2.24) is 10.1 Å². The van der Waals surface area contributed by atoms with E-state index in [1.165, 1.54) is 0 Å². The van der Waals surface area contributed by atoms with Gasteiger partial charge >= 0.3 is 0 Å². The van der Waals surface area contributed by atoms with Crippen LogP contribution in [-0.2, 0) is 0 Å². The second-order valence-electron chi connectivity index (χ2n) is 6.20. The molecule has 2 heterocycles. The maximum atomic E-state index is 12.8. The van der Waals surface area contributed by atoms with Gasteiger partial charge in [-0.05, 0) is 30.5 Å². The number of rotatable bonds is 4. The lowest BCUT2D eigenvalue weighted by Crippen LogP contribution is -2.30. The first kappa shape index (κ1) is 15.6. The highest BCUT2D eigenvalue weighted by atomic mass is 16.5. The Morgan fingerprint density at radius 3 is 2.70 bits per heavy atom. The fraction of sp³-hybridized carbons (Fsp3) is 0.444. The highest BCUT2D eigenvalue weighted by Gasteiger charge is 2.32. The number of nitrogens with zero attached hydrogens (tertiary/aromatic N) is 2. The summed E-state index contributed by atoms with van der Waals surface area (Å²) in [6, 6.07) is 9.77. The van der Waals surface area contributed by atoms with Crippen molar-refractivity contribution in [2.24, 2.45) is 0 Å². The second-order valence-corrected chi connectivity index (χ2v) is 6.20. The number of methoxy groups -OCH3 is 1. The van der Waals surface area contributed by atoms with Crippen molar-refractivity contribution in [3.8, 4) is 5.75 Å². The molecule has 1 aliphatic heterocycles. The normalized spacial score (nSPS) is 17.7. The molecule has 122 valence electrons. The van der Waals surface area contributed by atoms with Gasteiger partial charge in [0.1, 0.15) is 11.5 Å². The summed E-state index contributed by atoms with van der Waals surface area (Å²) in [6.07, 6.45) is 1.96. The van der Waals surface area contributed by atoms with Gasteiger partial charge < -0.3 is 14.2 Å². The summed E-state index contributed by atoms with van der Waals surface area (Å²) in [6.45, 7) is 4.79. The smallest absolute Gasteiger partial charge is 0.276 e. The van der Waals surface area contributed by atoms with E-state index in [0.717, 1.165) is 36.5 Å². The Morgan fingerprint density at radius 1 is 1.35 bits per heavy atom. The van der Waals surface area contributed by atoms with Gasteiger partial charge in [0.05, 0.1) is 13.2 Å². The Hall–Kier alpha value is -2.30. The molecule has 0 radical (unpaired) electrons. The van der Waals surface area contributed by atoms with Crippen LogP contribution in [0.4, 0.5) is 0 Å². The molecular formula is C18H22N2O3. The van der Waals surface area contributed by atoms with Crippen LogP contribution >= 0.6 is 0 Å². The van der Waals surface area contributed by atoms with Crippen molar-refractivity contribution in [1.29, 1.82) is 0 Å². The van der Waals surface area contributed by atoms with Crippen LogP contribution in [0.25, 0.3) is 0 Å². The highest BCUT2D eigenvalue weighted by molar-refractivity contribution is 5.92. The van der Waals surface area contributed by atoms with Crippen LogP contribution in [0.1, 0.15) is 60.5 Å². The monoisotopic (exact) mass is 314 g/mol. The first-order valence-corrected chi connectivity index (χ1v) is 8.01. The maximum Gasteiger partial charge on any atom is 0.276 e. The molecule has 0 aliphatic carbocycles. The van der Waals surface area contributed by atoms with Gasteiger partial charge in [0, 0.05) is 18.5 Å². The zero-order chi connectivity index (χ0) is 16.4. The van der Waals surface area contributed by atoms with Crippen molar-refractivity contribution < 1.29 is 14.1 Å². The van der Waals surface area contributed by atoms with Crippen LogP contribution in [0, 0.1) is 0 Å². The fourth-order valence-electron chi connectivity index (χ4n) is 2.99. The predicted octanol–water partition coefficient (Wildman–Crippen LogP) is 3.78. The molecule has 0 N–H and O–H groups in total. The highest BCUT2D eigenvalue weighted by Crippen LogP contribution is 2.34. The lowest BCUT2D eigenvalue weighted by atomic mass is 10.0. The largest absolute Gasteiger partial charge is 0.497 e.